The molecule has 0 aliphatic heterocycles. The predicted molar refractivity (Wildman–Crippen MR) is 95.1 cm³/mol. The summed E-state index contributed by atoms with van der Waals surface area (Å²) >= 11 is 6.06. The van der Waals surface area contributed by atoms with Gasteiger partial charge in [-0.1, -0.05) is 48.0 Å². The summed E-state index contributed by atoms with van der Waals surface area (Å²) in [7, 11) is 0. The second kappa shape index (κ2) is 8.84. The Morgan fingerprint density at radius 1 is 1.00 bits per heavy atom. The number of amides is 3. The predicted octanol–water partition coefficient (Wildman–Crippen LogP) is 1.28. The van der Waals surface area contributed by atoms with Crippen LogP contribution in [0.15, 0.2) is 54.6 Å². The van der Waals surface area contributed by atoms with Crippen LogP contribution in [0.25, 0.3) is 0 Å². The Morgan fingerprint density at radius 2 is 1.64 bits per heavy atom. The lowest BCUT2D eigenvalue weighted by Gasteiger charge is -2.16. The fourth-order valence-electron chi connectivity index (χ4n) is 2.20. The number of hydrogen-bond donors (Lipinski definition) is 3. The van der Waals surface area contributed by atoms with E-state index in [2.05, 4.69) is 10.6 Å². The van der Waals surface area contributed by atoms with Crippen molar-refractivity contribution in [2.24, 2.45) is 5.73 Å². The topological polar surface area (TPSA) is 101 Å². The molecule has 130 valence electrons. The molecule has 0 unspecified atom stereocenters. The molecule has 7 heteroatoms. The summed E-state index contributed by atoms with van der Waals surface area (Å²) in [5.74, 6) is -1.57. The molecule has 0 fully saturated rings. The van der Waals surface area contributed by atoms with Gasteiger partial charge in [0.2, 0.25) is 11.8 Å². The summed E-state index contributed by atoms with van der Waals surface area (Å²) < 4.78 is 0. The van der Waals surface area contributed by atoms with Gasteiger partial charge in [0, 0.05) is 17.0 Å². The van der Waals surface area contributed by atoms with Crippen LogP contribution in [0.5, 0.6) is 0 Å². The van der Waals surface area contributed by atoms with Crippen LogP contribution < -0.4 is 16.4 Å². The monoisotopic (exact) mass is 359 g/mol. The second-order valence-corrected chi connectivity index (χ2v) is 5.77. The van der Waals surface area contributed by atoms with Crippen molar-refractivity contribution in [3.8, 4) is 0 Å². The summed E-state index contributed by atoms with van der Waals surface area (Å²) in [6.07, 6.45) is 0.174. The summed E-state index contributed by atoms with van der Waals surface area (Å²) in [5.41, 5.74) is 6.48. The lowest BCUT2D eigenvalue weighted by Crippen LogP contribution is -2.49. The lowest BCUT2D eigenvalue weighted by molar-refractivity contribution is -0.126. The Labute approximate surface area is 150 Å². The summed E-state index contributed by atoms with van der Waals surface area (Å²) in [5, 5.41) is 5.49. The zero-order valence-corrected chi connectivity index (χ0v) is 14.1. The third-order valence-corrected chi connectivity index (χ3v) is 3.87. The van der Waals surface area contributed by atoms with Crippen molar-refractivity contribution in [3.63, 3.8) is 0 Å². The number of primary amides is 1. The molecule has 6 nitrogen and oxygen atoms in total. The van der Waals surface area contributed by atoms with E-state index in [4.69, 9.17) is 17.3 Å². The van der Waals surface area contributed by atoms with E-state index in [9.17, 15) is 14.4 Å². The molecule has 4 N–H and O–H groups in total. The van der Waals surface area contributed by atoms with Crippen molar-refractivity contribution in [2.75, 3.05) is 6.54 Å². The zero-order valence-electron chi connectivity index (χ0n) is 13.4. The van der Waals surface area contributed by atoms with Crippen molar-refractivity contribution in [1.82, 2.24) is 10.6 Å². The normalized spacial score (nSPS) is 11.4. The van der Waals surface area contributed by atoms with Crippen LogP contribution in [0.4, 0.5) is 0 Å². The SMILES string of the molecule is NC(=O)[C@H](Cc1ccccc1Cl)NC(=O)CNC(=O)c1ccccc1. The third kappa shape index (κ3) is 5.61. The molecule has 3 amide bonds. The highest BCUT2D eigenvalue weighted by Crippen LogP contribution is 2.16. The largest absolute Gasteiger partial charge is 0.368 e. The number of hydrogen-bond acceptors (Lipinski definition) is 3. The highest BCUT2D eigenvalue weighted by atomic mass is 35.5. The van der Waals surface area contributed by atoms with Gasteiger partial charge in [0.25, 0.3) is 5.91 Å². The number of carbonyl (C=O) groups is 3. The summed E-state index contributed by atoms with van der Waals surface area (Å²) in [6.45, 7) is -0.264. The number of halogens is 1. The van der Waals surface area contributed by atoms with Crippen LogP contribution in [0.1, 0.15) is 15.9 Å². The molecule has 2 aromatic rings. The van der Waals surface area contributed by atoms with Crippen LogP contribution in [0.3, 0.4) is 0 Å². The zero-order chi connectivity index (χ0) is 18.2. The number of rotatable bonds is 7. The molecule has 0 saturated heterocycles. The van der Waals surface area contributed by atoms with Gasteiger partial charge in [0.15, 0.2) is 0 Å². The van der Waals surface area contributed by atoms with Gasteiger partial charge in [-0.3, -0.25) is 14.4 Å². The van der Waals surface area contributed by atoms with Crippen LogP contribution in [0, 0.1) is 0 Å². The smallest absolute Gasteiger partial charge is 0.251 e. The van der Waals surface area contributed by atoms with Crippen molar-refractivity contribution in [3.05, 3.63) is 70.7 Å². The molecule has 25 heavy (non-hydrogen) atoms. The molecule has 0 aromatic heterocycles. The van der Waals surface area contributed by atoms with Crippen LogP contribution in [-0.4, -0.2) is 30.3 Å². The Bertz CT molecular complexity index is 765. The molecular weight excluding hydrogens is 342 g/mol. The standard InChI is InChI=1S/C18H18ClN3O3/c19-14-9-5-4-8-13(14)10-15(17(20)24)22-16(23)11-21-18(25)12-6-2-1-3-7-12/h1-9,15H,10-11H2,(H2,20,24)(H,21,25)(H,22,23)/t15-/m0/s1. The number of benzene rings is 2. The average molecular weight is 360 g/mol. The lowest BCUT2D eigenvalue weighted by atomic mass is 10.1. The van der Waals surface area contributed by atoms with E-state index < -0.39 is 17.9 Å². The van der Waals surface area contributed by atoms with Crippen molar-refractivity contribution < 1.29 is 14.4 Å². The Morgan fingerprint density at radius 3 is 2.28 bits per heavy atom. The Kier molecular flexibility index (Phi) is 6.54. The summed E-state index contributed by atoms with van der Waals surface area (Å²) in [6, 6.07) is 14.6. The van der Waals surface area contributed by atoms with Gasteiger partial charge in [0.1, 0.15) is 6.04 Å². The second-order valence-electron chi connectivity index (χ2n) is 5.37. The van der Waals surface area contributed by atoms with Gasteiger partial charge in [-0.25, -0.2) is 0 Å². The van der Waals surface area contributed by atoms with Gasteiger partial charge in [-0.2, -0.15) is 0 Å². The molecule has 0 heterocycles. The van der Waals surface area contributed by atoms with E-state index in [1.165, 1.54) is 0 Å². The first-order valence-electron chi connectivity index (χ1n) is 7.62. The Balaban J connectivity index is 1.91. The molecule has 0 aliphatic rings. The maximum absolute atomic E-state index is 12.0. The maximum atomic E-state index is 12.0. The molecule has 0 spiro atoms. The first-order valence-corrected chi connectivity index (χ1v) is 8.00. The number of nitrogens with two attached hydrogens (primary N) is 1. The minimum Gasteiger partial charge on any atom is -0.368 e. The van der Waals surface area contributed by atoms with Gasteiger partial charge >= 0.3 is 0 Å². The minimum absolute atomic E-state index is 0.174. The van der Waals surface area contributed by atoms with Gasteiger partial charge < -0.3 is 16.4 Å². The fraction of sp³-hybridized carbons (Fsp3) is 0.167. The van der Waals surface area contributed by atoms with Crippen molar-refractivity contribution in [2.45, 2.75) is 12.5 Å². The van der Waals surface area contributed by atoms with E-state index in [0.717, 1.165) is 0 Å². The van der Waals surface area contributed by atoms with Crippen molar-refractivity contribution >= 4 is 29.3 Å². The van der Waals surface area contributed by atoms with E-state index in [1.807, 2.05) is 0 Å². The summed E-state index contributed by atoms with van der Waals surface area (Å²) in [4.78, 5) is 35.5. The van der Waals surface area contributed by atoms with Crippen LogP contribution in [-0.2, 0) is 16.0 Å². The fourth-order valence-corrected chi connectivity index (χ4v) is 2.42. The highest BCUT2D eigenvalue weighted by molar-refractivity contribution is 6.31. The maximum Gasteiger partial charge on any atom is 0.251 e. The molecule has 1 atom stereocenters. The average Bonchev–Trinajstić information content (AvgIpc) is 2.61. The molecule has 2 aromatic carbocycles. The number of carbonyl (C=O) groups excluding carboxylic acids is 3. The highest BCUT2D eigenvalue weighted by Gasteiger charge is 2.20. The van der Waals surface area contributed by atoms with Gasteiger partial charge in [-0.15, -0.1) is 0 Å². The first-order chi connectivity index (χ1) is 12.0. The molecule has 0 aliphatic carbocycles. The quantitative estimate of drug-likeness (QED) is 0.694. The van der Waals surface area contributed by atoms with Gasteiger partial charge in [0.05, 0.1) is 6.54 Å². The van der Waals surface area contributed by atoms with E-state index in [1.54, 1.807) is 54.6 Å². The van der Waals surface area contributed by atoms with Crippen LogP contribution in [0.2, 0.25) is 5.02 Å². The molecular formula is C18H18ClN3O3. The minimum atomic E-state index is -0.916. The van der Waals surface area contributed by atoms with Crippen molar-refractivity contribution in [1.29, 1.82) is 0 Å². The molecule has 2 rings (SSSR count). The van der Waals surface area contributed by atoms with Gasteiger partial charge in [-0.05, 0) is 23.8 Å². The Hall–Kier alpha value is -2.86. The first kappa shape index (κ1) is 18.5. The van der Waals surface area contributed by atoms with Crippen LogP contribution >= 0.6 is 11.6 Å². The molecule has 0 saturated carbocycles. The third-order valence-electron chi connectivity index (χ3n) is 3.51. The van der Waals surface area contributed by atoms with E-state index in [-0.39, 0.29) is 18.9 Å². The molecule has 0 radical (unpaired) electrons. The van der Waals surface area contributed by atoms with E-state index >= 15 is 0 Å². The van der Waals surface area contributed by atoms with E-state index in [0.29, 0.717) is 16.1 Å². The number of nitrogens with one attached hydrogen (secondary N) is 2. The molecule has 0 bridgehead atoms.